The molecule has 1 saturated heterocycles. The van der Waals surface area contributed by atoms with Crippen molar-refractivity contribution in [2.45, 2.75) is 26.3 Å². The molecule has 8 nitrogen and oxygen atoms in total. The number of benzene rings is 3. The molecule has 1 aliphatic heterocycles. The average Bonchev–Trinajstić information content (AvgIpc) is 2.92. The van der Waals surface area contributed by atoms with Crippen LogP contribution in [0.2, 0.25) is 0 Å². The number of anilines is 2. The van der Waals surface area contributed by atoms with Crippen molar-refractivity contribution in [3.8, 4) is 0 Å². The van der Waals surface area contributed by atoms with E-state index in [9.17, 15) is 24.1 Å². The van der Waals surface area contributed by atoms with Crippen molar-refractivity contribution in [3.63, 3.8) is 0 Å². The summed E-state index contributed by atoms with van der Waals surface area (Å²) < 4.78 is 13.2. The molecule has 2 amide bonds. The number of nitro groups is 1. The number of hydrogen-bond acceptors (Lipinski definition) is 5. The van der Waals surface area contributed by atoms with Gasteiger partial charge in [-0.05, 0) is 78.4 Å². The molecule has 9 heteroatoms. The number of amides is 2. The number of piperidine rings is 1. The number of nitrogens with one attached hydrogen (secondary N) is 2. The molecule has 1 aliphatic rings. The predicted octanol–water partition coefficient (Wildman–Crippen LogP) is 5.55. The third-order valence-corrected chi connectivity index (χ3v) is 6.53. The van der Waals surface area contributed by atoms with Crippen LogP contribution in [0.5, 0.6) is 0 Å². The molecule has 0 aromatic heterocycles. The molecule has 3 aromatic carbocycles. The lowest BCUT2D eigenvalue weighted by Gasteiger charge is -2.33. The Morgan fingerprint density at radius 3 is 2.39 bits per heavy atom. The van der Waals surface area contributed by atoms with E-state index in [1.54, 1.807) is 42.5 Å². The van der Waals surface area contributed by atoms with Gasteiger partial charge in [-0.2, -0.15) is 0 Å². The molecule has 3 aromatic rings. The van der Waals surface area contributed by atoms with Crippen LogP contribution in [0.1, 0.15) is 41.3 Å². The molecule has 2 N–H and O–H groups in total. The molecule has 1 heterocycles. The molecular weight excluding hydrogens is 487 g/mol. The van der Waals surface area contributed by atoms with Gasteiger partial charge in [-0.1, -0.05) is 19.1 Å². The molecular formula is C29H29FN4O4. The number of non-ortho nitro benzene ring substituents is 1. The van der Waals surface area contributed by atoms with Crippen molar-refractivity contribution >= 4 is 35.0 Å². The Labute approximate surface area is 220 Å². The fraction of sp³-hybridized carbons (Fsp3) is 0.241. The quantitative estimate of drug-likeness (QED) is 0.232. The third kappa shape index (κ3) is 7.03. The number of carbonyl (C=O) groups is 2. The summed E-state index contributed by atoms with van der Waals surface area (Å²) in [5.41, 5.74) is 3.09. The van der Waals surface area contributed by atoms with Crippen LogP contribution < -0.4 is 15.5 Å². The number of halogens is 1. The molecule has 0 spiro atoms. The fourth-order valence-corrected chi connectivity index (χ4v) is 4.26. The Morgan fingerprint density at radius 2 is 1.74 bits per heavy atom. The predicted molar refractivity (Wildman–Crippen MR) is 145 cm³/mol. The van der Waals surface area contributed by atoms with Gasteiger partial charge in [0.1, 0.15) is 5.82 Å². The van der Waals surface area contributed by atoms with Crippen LogP contribution in [0.25, 0.3) is 6.08 Å². The Balaban J connectivity index is 1.49. The second kappa shape index (κ2) is 12.1. The molecule has 0 aliphatic carbocycles. The van der Waals surface area contributed by atoms with Gasteiger partial charge in [0.2, 0.25) is 5.91 Å². The summed E-state index contributed by atoms with van der Waals surface area (Å²) in [7, 11) is 0. The maximum Gasteiger partial charge on any atom is 0.269 e. The molecule has 0 bridgehead atoms. The standard InChI is InChI=1S/C29H29FN4O4/c1-20-14-16-33(17-15-20)27-12-9-24(18-26(27)29(36)31-19-22-2-7-23(30)8-3-22)32-28(35)13-6-21-4-10-25(11-5-21)34(37)38/h2-13,18,20H,14-17,19H2,1H3,(H,31,36)(H,32,35). The summed E-state index contributed by atoms with van der Waals surface area (Å²) in [4.78, 5) is 38.3. The van der Waals surface area contributed by atoms with E-state index in [2.05, 4.69) is 22.5 Å². The Hall–Kier alpha value is -4.53. The van der Waals surface area contributed by atoms with Gasteiger partial charge in [0, 0.05) is 49.2 Å². The zero-order valence-corrected chi connectivity index (χ0v) is 21.0. The highest BCUT2D eigenvalue weighted by molar-refractivity contribution is 6.05. The molecule has 1 fully saturated rings. The first-order valence-electron chi connectivity index (χ1n) is 12.4. The number of rotatable bonds is 8. The minimum absolute atomic E-state index is 0.0277. The number of nitrogens with zero attached hydrogens (tertiary/aromatic N) is 2. The summed E-state index contributed by atoms with van der Waals surface area (Å²) >= 11 is 0. The molecule has 0 unspecified atom stereocenters. The van der Waals surface area contributed by atoms with Crippen LogP contribution in [0.15, 0.2) is 72.8 Å². The van der Waals surface area contributed by atoms with Gasteiger partial charge >= 0.3 is 0 Å². The summed E-state index contributed by atoms with van der Waals surface area (Å²) in [6.45, 7) is 4.13. The minimum atomic E-state index is -0.484. The van der Waals surface area contributed by atoms with Crippen molar-refractivity contribution in [2.24, 2.45) is 5.92 Å². The van der Waals surface area contributed by atoms with Crippen molar-refractivity contribution in [1.29, 1.82) is 0 Å². The van der Waals surface area contributed by atoms with Crippen molar-refractivity contribution in [1.82, 2.24) is 5.32 Å². The van der Waals surface area contributed by atoms with E-state index in [0.29, 0.717) is 22.7 Å². The van der Waals surface area contributed by atoms with Crippen LogP contribution >= 0.6 is 0 Å². The van der Waals surface area contributed by atoms with Crippen LogP contribution in [-0.4, -0.2) is 29.8 Å². The maximum absolute atomic E-state index is 13.3. The maximum atomic E-state index is 13.3. The van der Waals surface area contributed by atoms with Crippen molar-refractivity contribution in [3.05, 3.63) is 105 Å². The second-order valence-corrected chi connectivity index (χ2v) is 9.38. The fourth-order valence-electron chi connectivity index (χ4n) is 4.26. The lowest BCUT2D eigenvalue weighted by molar-refractivity contribution is -0.384. The van der Waals surface area contributed by atoms with E-state index in [0.717, 1.165) is 37.2 Å². The molecule has 196 valence electrons. The smallest absolute Gasteiger partial charge is 0.269 e. The highest BCUT2D eigenvalue weighted by Gasteiger charge is 2.22. The van der Waals surface area contributed by atoms with Gasteiger partial charge in [0.05, 0.1) is 10.5 Å². The highest BCUT2D eigenvalue weighted by atomic mass is 19.1. The first kappa shape index (κ1) is 26.5. The SMILES string of the molecule is CC1CCN(c2ccc(NC(=O)C=Cc3ccc([N+](=O)[O-])cc3)cc2C(=O)NCc2ccc(F)cc2)CC1. The number of hydrogen-bond donors (Lipinski definition) is 2. The van der Waals surface area contributed by atoms with E-state index in [4.69, 9.17) is 0 Å². The van der Waals surface area contributed by atoms with Gasteiger partial charge in [0.15, 0.2) is 0 Å². The zero-order valence-electron chi connectivity index (χ0n) is 21.0. The van der Waals surface area contributed by atoms with Crippen LogP contribution in [0.3, 0.4) is 0 Å². The first-order valence-corrected chi connectivity index (χ1v) is 12.4. The Bertz CT molecular complexity index is 1330. The van der Waals surface area contributed by atoms with Crippen LogP contribution in [-0.2, 0) is 11.3 Å². The zero-order chi connectivity index (χ0) is 27.1. The van der Waals surface area contributed by atoms with Crippen molar-refractivity contribution < 1.29 is 18.9 Å². The van der Waals surface area contributed by atoms with Gasteiger partial charge < -0.3 is 15.5 Å². The van der Waals surface area contributed by atoms with Crippen molar-refractivity contribution in [2.75, 3.05) is 23.3 Å². The first-order chi connectivity index (χ1) is 18.3. The molecule has 38 heavy (non-hydrogen) atoms. The third-order valence-electron chi connectivity index (χ3n) is 6.53. The number of carbonyl (C=O) groups excluding carboxylic acids is 2. The summed E-state index contributed by atoms with van der Waals surface area (Å²) in [6, 6.07) is 17.1. The molecule has 4 rings (SSSR count). The van der Waals surface area contributed by atoms with E-state index in [1.807, 2.05) is 6.07 Å². The topological polar surface area (TPSA) is 105 Å². The highest BCUT2D eigenvalue weighted by Crippen LogP contribution is 2.29. The van der Waals surface area contributed by atoms with E-state index in [1.165, 1.54) is 30.3 Å². The number of nitro benzene ring substituents is 1. The van der Waals surface area contributed by atoms with Gasteiger partial charge in [0.25, 0.3) is 11.6 Å². The minimum Gasteiger partial charge on any atom is -0.371 e. The van der Waals surface area contributed by atoms with E-state index >= 15 is 0 Å². The molecule has 0 atom stereocenters. The van der Waals surface area contributed by atoms with Crippen LogP contribution in [0, 0.1) is 21.8 Å². The van der Waals surface area contributed by atoms with E-state index in [-0.39, 0.29) is 24.0 Å². The lowest BCUT2D eigenvalue weighted by atomic mass is 9.97. The Morgan fingerprint density at radius 1 is 1.05 bits per heavy atom. The lowest BCUT2D eigenvalue weighted by Crippen LogP contribution is -2.35. The summed E-state index contributed by atoms with van der Waals surface area (Å²) in [5.74, 6) is -0.406. The average molecular weight is 517 g/mol. The normalized spacial score (nSPS) is 13.9. The second-order valence-electron chi connectivity index (χ2n) is 9.38. The van der Waals surface area contributed by atoms with Gasteiger partial charge in [-0.25, -0.2) is 4.39 Å². The van der Waals surface area contributed by atoms with Gasteiger partial charge in [-0.3, -0.25) is 19.7 Å². The summed E-state index contributed by atoms with van der Waals surface area (Å²) in [6.07, 6.45) is 4.94. The molecule has 0 saturated carbocycles. The molecule has 0 radical (unpaired) electrons. The summed E-state index contributed by atoms with van der Waals surface area (Å²) in [5, 5.41) is 16.5. The monoisotopic (exact) mass is 516 g/mol. The van der Waals surface area contributed by atoms with Gasteiger partial charge in [-0.15, -0.1) is 0 Å². The largest absolute Gasteiger partial charge is 0.371 e. The Kier molecular flexibility index (Phi) is 8.47. The van der Waals surface area contributed by atoms with E-state index < -0.39 is 10.8 Å². The van der Waals surface area contributed by atoms with Crippen LogP contribution in [0.4, 0.5) is 21.5 Å².